The van der Waals surface area contributed by atoms with Gasteiger partial charge in [-0.15, -0.1) is 0 Å². The van der Waals surface area contributed by atoms with Gasteiger partial charge in [-0.1, -0.05) is 20.8 Å². The van der Waals surface area contributed by atoms with E-state index in [9.17, 15) is 4.79 Å². The zero-order valence-corrected chi connectivity index (χ0v) is 14.0. The first-order chi connectivity index (χ1) is 10.1. The minimum Gasteiger partial charge on any atom is -0.376 e. The quantitative estimate of drug-likeness (QED) is 0.847. The van der Waals surface area contributed by atoms with Gasteiger partial charge in [0.15, 0.2) is 0 Å². The lowest BCUT2D eigenvalue weighted by atomic mass is 9.73. The van der Waals surface area contributed by atoms with Gasteiger partial charge in [-0.2, -0.15) is 0 Å². The van der Waals surface area contributed by atoms with Crippen LogP contribution in [0.15, 0.2) is 0 Å². The van der Waals surface area contributed by atoms with Crippen LogP contribution in [-0.2, 0) is 9.53 Å². The van der Waals surface area contributed by atoms with Gasteiger partial charge in [0.05, 0.1) is 6.10 Å². The maximum Gasteiger partial charge on any atom is 0.228 e. The van der Waals surface area contributed by atoms with Gasteiger partial charge >= 0.3 is 0 Å². The van der Waals surface area contributed by atoms with Crippen LogP contribution in [-0.4, -0.2) is 49.7 Å². The van der Waals surface area contributed by atoms with E-state index in [0.717, 1.165) is 58.5 Å². The van der Waals surface area contributed by atoms with Crippen LogP contribution in [0.25, 0.3) is 0 Å². The molecule has 122 valence electrons. The van der Waals surface area contributed by atoms with Crippen LogP contribution in [0, 0.1) is 11.3 Å². The molecule has 21 heavy (non-hydrogen) atoms. The highest BCUT2D eigenvalue weighted by Gasteiger charge is 2.40. The number of piperidine rings is 2. The molecule has 2 atom stereocenters. The smallest absolute Gasteiger partial charge is 0.228 e. The molecular formula is C17H32N2O2. The third kappa shape index (κ3) is 4.19. The van der Waals surface area contributed by atoms with Crippen molar-refractivity contribution in [3.05, 3.63) is 0 Å². The zero-order chi connectivity index (χ0) is 15.3. The molecule has 4 heteroatoms. The fraction of sp³-hybridized carbons (Fsp3) is 0.941. The summed E-state index contributed by atoms with van der Waals surface area (Å²) in [6.07, 6.45) is 5.79. The van der Waals surface area contributed by atoms with Crippen molar-refractivity contribution in [3.8, 4) is 0 Å². The zero-order valence-electron chi connectivity index (χ0n) is 14.0. The summed E-state index contributed by atoms with van der Waals surface area (Å²) in [5.74, 6) is 0.775. The topological polar surface area (TPSA) is 41.6 Å². The average Bonchev–Trinajstić information content (AvgIpc) is 2.53. The summed E-state index contributed by atoms with van der Waals surface area (Å²) < 4.78 is 5.86. The van der Waals surface area contributed by atoms with E-state index < -0.39 is 0 Å². The molecule has 0 aromatic heterocycles. The van der Waals surface area contributed by atoms with E-state index in [0.29, 0.717) is 11.8 Å². The molecule has 0 saturated carbocycles. The van der Waals surface area contributed by atoms with Crippen molar-refractivity contribution in [2.45, 2.75) is 59.0 Å². The van der Waals surface area contributed by atoms with Gasteiger partial charge in [-0.3, -0.25) is 4.79 Å². The van der Waals surface area contributed by atoms with Crippen molar-refractivity contribution < 1.29 is 9.53 Å². The SMILES string of the molecule is CCCOC1CCCN(C(=O)C(C)(C)C2CCCNC2)C1. The fourth-order valence-corrected chi connectivity index (χ4v) is 3.59. The summed E-state index contributed by atoms with van der Waals surface area (Å²) in [6, 6.07) is 0. The Morgan fingerprint density at radius 1 is 1.33 bits per heavy atom. The number of nitrogens with one attached hydrogen (secondary N) is 1. The Hall–Kier alpha value is -0.610. The maximum atomic E-state index is 13.0. The molecule has 1 amide bonds. The number of carbonyl (C=O) groups is 1. The molecule has 0 aliphatic carbocycles. The van der Waals surface area contributed by atoms with Crippen molar-refractivity contribution in [2.24, 2.45) is 11.3 Å². The standard InChI is InChI=1S/C17H32N2O2/c1-4-11-21-15-8-6-10-19(13-15)16(20)17(2,3)14-7-5-9-18-12-14/h14-15,18H,4-13H2,1-3H3. The van der Waals surface area contributed by atoms with Crippen LogP contribution in [0.3, 0.4) is 0 Å². The number of carbonyl (C=O) groups excluding carboxylic acids is 1. The first-order valence-corrected chi connectivity index (χ1v) is 8.67. The Morgan fingerprint density at radius 3 is 2.81 bits per heavy atom. The molecule has 2 unspecified atom stereocenters. The molecular weight excluding hydrogens is 264 g/mol. The number of rotatable bonds is 5. The van der Waals surface area contributed by atoms with Crippen molar-refractivity contribution in [3.63, 3.8) is 0 Å². The number of hydrogen-bond acceptors (Lipinski definition) is 3. The molecule has 0 radical (unpaired) electrons. The van der Waals surface area contributed by atoms with Crippen LogP contribution >= 0.6 is 0 Å². The van der Waals surface area contributed by atoms with Gasteiger partial charge in [0, 0.05) is 25.1 Å². The highest BCUT2D eigenvalue weighted by Crippen LogP contribution is 2.34. The van der Waals surface area contributed by atoms with E-state index in [-0.39, 0.29) is 11.5 Å². The second-order valence-electron chi connectivity index (χ2n) is 7.15. The second kappa shape index (κ2) is 7.59. The van der Waals surface area contributed by atoms with Gasteiger partial charge in [-0.25, -0.2) is 0 Å². The average molecular weight is 296 g/mol. The van der Waals surface area contributed by atoms with Gasteiger partial charge in [0.25, 0.3) is 0 Å². The van der Waals surface area contributed by atoms with Gasteiger partial charge in [0.1, 0.15) is 0 Å². The number of nitrogens with zero attached hydrogens (tertiary/aromatic N) is 1. The molecule has 2 saturated heterocycles. The third-order valence-corrected chi connectivity index (χ3v) is 5.09. The summed E-state index contributed by atoms with van der Waals surface area (Å²) in [4.78, 5) is 15.0. The Balaban J connectivity index is 1.93. The first-order valence-electron chi connectivity index (χ1n) is 8.67. The highest BCUT2D eigenvalue weighted by molar-refractivity contribution is 5.82. The summed E-state index contributed by atoms with van der Waals surface area (Å²) in [7, 11) is 0. The number of amides is 1. The normalized spacial score (nSPS) is 27.7. The number of ether oxygens (including phenoxy) is 1. The highest BCUT2D eigenvalue weighted by atomic mass is 16.5. The Kier molecular flexibility index (Phi) is 6.06. The minimum atomic E-state index is -0.264. The number of likely N-dealkylation sites (tertiary alicyclic amines) is 1. The van der Waals surface area contributed by atoms with E-state index in [1.54, 1.807) is 0 Å². The fourth-order valence-electron chi connectivity index (χ4n) is 3.59. The lowest BCUT2D eigenvalue weighted by Crippen LogP contribution is -2.52. The summed E-state index contributed by atoms with van der Waals surface area (Å²) in [5.41, 5.74) is -0.264. The predicted octanol–water partition coefficient (Wildman–Crippen LogP) is 2.43. The largest absolute Gasteiger partial charge is 0.376 e. The predicted molar refractivity (Wildman–Crippen MR) is 85.2 cm³/mol. The van der Waals surface area contributed by atoms with Crippen LogP contribution in [0.5, 0.6) is 0 Å². The molecule has 2 heterocycles. The molecule has 0 spiro atoms. The Labute approximate surface area is 129 Å². The second-order valence-corrected chi connectivity index (χ2v) is 7.15. The van der Waals surface area contributed by atoms with Crippen LogP contribution in [0.2, 0.25) is 0 Å². The van der Waals surface area contributed by atoms with E-state index in [2.05, 4.69) is 31.0 Å². The minimum absolute atomic E-state index is 0.239. The molecule has 2 aliphatic rings. The van der Waals surface area contributed by atoms with Crippen LogP contribution in [0.4, 0.5) is 0 Å². The van der Waals surface area contributed by atoms with E-state index in [1.807, 2.05) is 0 Å². The molecule has 0 aromatic carbocycles. The maximum absolute atomic E-state index is 13.0. The van der Waals surface area contributed by atoms with Crippen molar-refractivity contribution >= 4 is 5.91 Å². The molecule has 2 aliphatic heterocycles. The molecule has 4 nitrogen and oxygen atoms in total. The Bertz CT molecular complexity index is 338. The monoisotopic (exact) mass is 296 g/mol. The molecule has 0 bridgehead atoms. The van der Waals surface area contributed by atoms with Crippen molar-refractivity contribution in [2.75, 3.05) is 32.8 Å². The van der Waals surface area contributed by atoms with Crippen molar-refractivity contribution in [1.82, 2.24) is 10.2 Å². The van der Waals surface area contributed by atoms with E-state index in [4.69, 9.17) is 4.74 Å². The van der Waals surface area contributed by atoms with Crippen LogP contribution in [0.1, 0.15) is 52.9 Å². The molecule has 1 N–H and O–H groups in total. The molecule has 2 rings (SSSR count). The lowest BCUT2D eigenvalue weighted by molar-refractivity contribution is -0.148. The molecule has 0 aromatic rings. The van der Waals surface area contributed by atoms with E-state index >= 15 is 0 Å². The third-order valence-electron chi connectivity index (χ3n) is 5.09. The van der Waals surface area contributed by atoms with E-state index in [1.165, 1.54) is 6.42 Å². The first kappa shape index (κ1) is 16.8. The van der Waals surface area contributed by atoms with Gasteiger partial charge in [0.2, 0.25) is 5.91 Å². The van der Waals surface area contributed by atoms with Gasteiger partial charge in [-0.05, 0) is 51.1 Å². The van der Waals surface area contributed by atoms with Crippen molar-refractivity contribution in [1.29, 1.82) is 0 Å². The summed E-state index contributed by atoms with van der Waals surface area (Å²) >= 11 is 0. The summed E-state index contributed by atoms with van der Waals surface area (Å²) in [6.45, 7) is 10.9. The Morgan fingerprint density at radius 2 is 2.14 bits per heavy atom. The van der Waals surface area contributed by atoms with Gasteiger partial charge < -0.3 is 15.0 Å². The number of hydrogen-bond donors (Lipinski definition) is 1. The summed E-state index contributed by atoms with van der Waals surface area (Å²) in [5, 5.41) is 3.44. The molecule has 2 fully saturated rings. The van der Waals surface area contributed by atoms with Crippen LogP contribution < -0.4 is 5.32 Å². The lowest BCUT2D eigenvalue weighted by Gasteiger charge is -2.42.